The van der Waals surface area contributed by atoms with Gasteiger partial charge in [-0.25, -0.2) is 4.98 Å². The quantitative estimate of drug-likeness (QED) is 0.851. The molecule has 1 fully saturated rings. The number of carbonyl (C=O) groups excluding carboxylic acids is 1. The molecule has 1 aliphatic carbocycles. The van der Waals surface area contributed by atoms with Crippen molar-refractivity contribution in [2.45, 2.75) is 48.4 Å². The molecule has 0 spiro atoms. The van der Waals surface area contributed by atoms with Crippen molar-refractivity contribution in [3.05, 3.63) is 18.6 Å². The largest absolute Gasteiger partial charge is 0.368 e. The molecule has 104 valence electrons. The SMILES string of the molecule is CCNC1(C(N)=O)CCCC(Sc2cnccn2)C1. The van der Waals surface area contributed by atoms with Crippen LogP contribution in [0.25, 0.3) is 0 Å². The topological polar surface area (TPSA) is 80.9 Å². The van der Waals surface area contributed by atoms with Crippen molar-refractivity contribution in [1.82, 2.24) is 15.3 Å². The Labute approximate surface area is 117 Å². The molecule has 1 amide bonds. The average Bonchev–Trinajstić information content (AvgIpc) is 2.40. The lowest BCUT2D eigenvalue weighted by Crippen LogP contribution is -2.58. The summed E-state index contributed by atoms with van der Waals surface area (Å²) in [6, 6.07) is 0. The summed E-state index contributed by atoms with van der Waals surface area (Å²) >= 11 is 1.69. The molecular weight excluding hydrogens is 260 g/mol. The average molecular weight is 280 g/mol. The Morgan fingerprint density at radius 1 is 1.63 bits per heavy atom. The number of thioether (sulfide) groups is 1. The first kappa shape index (κ1) is 14.3. The molecule has 1 heterocycles. The van der Waals surface area contributed by atoms with E-state index in [1.54, 1.807) is 30.4 Å². The molecule has 0 bridgehead atoms. The Bertz CT molecular complexity index is 424. The van der Waals surface area contributed by atoms with Gasteiger partial charge in [-0.05, 0) is 32.2 Å². The first-order chi connectivity index (χ1) is 9.16. The van der Waals surface area contributed by atoms with Crippen LogP contribution in [-0.2, 0) is 4.79 Å². The Morgan fingerprint density at radius 3 is 3.11 bits per heavy atom. The van der Waals surface area contributed by atoms with Crippen LogP contribution in [0.5, 0.6) is 0 Å². The molecule has 0 aromatic carbocycles. The third kappa shape index (κ3) is 3.45. The van der Waals surface area contributed by atoms with Crippen molar-refractivity contribution in [1.29, 1.82) is 0 Å². The molecule has 1 saturated carbocycles. The number of primary amides is 1. The maximum atomic E-state index is 11.8. The van der Waals surface area contributed by atoms with Gasteiger partial charge in [0.2, 0.25) is 5.91 Å². The number of likely N-dealkylation sites (N-methyl/N-ethyl adjacent to an activating group) is 1. The van der Waals surface area contributed by atoms with Crippen molar-refractivity contribution < 1.29 is 4.79 Å². The molecule has 5 nitrogen and oxygen atoms in total. The standard InChI is InChI=1S/C13H20N4OS/c1-2-17-13(12(14)18)5-3-4-10(8-13)19-11-9-15-6-7-16-11/h6-7,9-10,17H,2-5,8H2,1H3,(H2,14,18). The molecule has 2 atom stereocenters. The second kappa shape index (κ2) is 6.34. The predicted octanol–water partition coefficient (Wildman–Crippen LogP) is 1.34. The van der Waals surface area contributed by atoms with Crippen LogP contribution < -0.4 is 11.1 Å². The molecule has 0 aliphatic heterocycles. The summed E-state index contributed by atoms with van der Waals surface area (Å²) in [5.74, 6) is -0.237. The fourth-order valence-electron chi connectivity index (χ4n) is 2.65. The Hall–Kier alpha value is -1.14. The van der Waals surface area contributed by atoms with Gasteiger partial charge >= 0.3 is 0 Å². The molecule has 2 unspecified atom stereocenters. The number of carbonyl (C=O) groups is 1. The van der Waals surface area contributed by atoms with Crippen molar-refractivity contribution in [3.8, 4) is 0 Å². The number of amides is 1. The van der Waals surface area contributed by atoms with Crippen molar-refractivity contribution in [3.63, 3.8) is 0 Å². The minimum Gasteiger partial charge on any atom is -0.368 e. The monoisotopic (exact) mass is 280 g/mol. The van der Waals surface area contributed by atoms with Gasteiger partial charge in [-0.15, -0.1) is 11.8 Å². The first-order valence-corrected chi connectivity index (χ1v) is 7.52. The maximum Gasteiger partial charge on any atom is 0.237 e. The first-order valence-electron chi connectivity index (χ1n) is 6.64. The fourth-order valence-corrected chi connectivity index (χ4v) is 3.89. The highest BCUT2D eigenvalue weighted by Crippen LogP contribution is 2.37. The Morgan fingerprint density at radius 2 is 2.47 bits per heavy atom. The predicted molar refractivity (Wildman–Crippen MR) is 75.7 cm³/mol. The van der Waals surface area contributed by atoms with Gasteiger partial charge in [0.15, 0.2) is 0 Å². The second-order valence-corrected chi connectivity index (χ2v) is 6.18. The molecule has 6 heteroatoms. The second-order valence-electron chi connectivity index (χ2n) is 4.86. The van der Waals surface area contributed by atoms with Crippen LogP contribution in [0, 0.1) is 0 Å². The van der Waals surface area contributed by atoms with Crippen LogP contribution >= 0.6 is 11.8 Å². The zero-order chi connectivity index (χ0) is 13.7. The zero-order valence-corrected chi connectivity index (χ0v) is 11.9. The van der Waals surface area contributed by atoms with Crippen LogP contribution in [0.2, 0.25) is 0 Å². The molecule has 2 rings (SSSR count). The van der Waals surface area contributed by atoms with Gasteiger partial charge in [0, 0.05) is 17.6 Å². The van der Waals surface area contributed by atoms with Crippen LogP contribution in [0.15, 0.2) is 23.6 Å². The summed E-state index contributed by atoms with van der Waals surface area (Å²) in [5.41, 5.74) is 5.06. The summed E-state index contributed by atoms with van der Waals surface area (Å²) in [4.78, 5) is 20.1. The maximum absolute atomic E-state index is 11.8. The Balaban J connectivity index is 2.05. The van der Waals surface area contributed by atoms with Gasteiger partial charge in [0.05, 0.1) is 11.7 Å². The van der Waals surface area contributed by atoms with Gasteiger partial charge < -0.3 is 11.1 Å². The summed E-state index contributed by atoms with van der Waals surface area (Å²) in [5, 5.41) is 4.55. The van der Waals surface area contributed by atoms with Crippen molar-refractivity contribution in [2.24, 2.45) is 5.73 Å². The van der Waals surface area contributed by atoms with E-state index in [1.165, 1.54) is 0 Å². The van der Waals surface area contributed by atoms with Crippen LogP contribution in [0.1, 0.15) is 32.6 Å². The number of hydrogen-bond donors (Lipinski definition) is 2. The van der Waals surface area contributed by atoms with E-state index in [0.717, 1.165) is 37.3 Å². The van der Waals surface area contributed by atoms with Gasteiger partial charge in [0.1, 0.15) is 5.03 Å². The van der Waals surface area contributed by atoms with Crippen LogP contribution in [-0.4, -0.2) is 33.2 Å². The summed E-state index contributed by atoms with van der Waals surface area (Å²) in [6.45, 7) is 2.76. The van der Waals surface area contributed by atoms with E-state index in [1.807, 2.05) is 6.92 Å². The van der Waals surface area contributed by atoms with E-state index < -0.39 is 5.54 Å². The normalized spacial score (nSPS) is 27.1. The molecule has 1 aromatic heterocycles. The van der Waals surface area contributed by atoms with E-state index >= 15 is 0 Å². The number of nitrogens with one attached hydrogen (secondary N) is 1. The number of nitrogens with two attached hydrogens (primary N) is 1. The number of nitrogens with zero attached hydrogens (tertiary/aromatic N) is 2. The molecule has 19 heavy (non-hydrogen) atoms. The van der Waals surface area contributed by atoms with Crippen molar-refractivity contribution in [2.75, 3.05) is 6.54 Å². The third-order valence-electron chi connectivity index (χ3n) is 3.52. The number of aromatic nitrogens is 2. The highest BCUT2D eigenvalue weighted by atomic mass is 32.2. The summed E-state index contributed by atoms with van der Waals surface area (Å²) in [7, 11) is 0. The molecule has 0 saturated heterocycles. The smallest absolute Gasteiger partial charge is 0.237 e. The lowest BCUT2D eigenvalue weighted by molar-refractivity contribution is -0.125. The minimum atomic E-state index is -0.549. The Kier molecular flexibility index (Phi) is 4.76. The molecule has 0 radical (unpaired) electrons. The van der Waals surface area contributed by atoms with Gasteiger partial charge in [-0.1, -0.05) is 6.92 Å². The fraction of sp³-hybridized carbons (Fsp3) is 0.615. The van der Waals surface area contributed by atoms with E-state index in [9.17, 15) is 4.79 Å². The zero-order valence-electron chi connectivity index (χ0n) is 11.1. The molecule has 1 aliphatic rings. The number of hydrogen-bond acceptors (Lipinski definition) is 5. The van der Waals surface area contributed by atoms with Gasteiger partial charge in [0.25, 0.3) is 0 Å². The lowest BCUT2D eigenvalue weighted by Gasteiger charge is -2.38. The van der Waals surface area contributed by atoms with E-state index in [4.69, 9.17) is 5.73 Å². The highest BCUT2D eigenvalue weighted by Gasteiger charge is 2.41. The van der Waals surface area contributed by atoms with Crippen LogP contribution in [0.3, 0.4) is 0 Å². The minimum absolute atomic E-state index is 0.237. The van der Waals surface area contributed by atoms with Gasteiger partial charge in [-0.2, -0.15) is 0 Å². The van der Waals surface area contributed by atoms with E-state index in [2.05, 4.69) is 15.3 Å². The third-order valence-corrected chi connectivity index (χ3v) is 4.71. The highest BCUT2D eigenvalue weighted by molar-refractivity contribution is 7.99. The summed E-state index contributed by atoms with van der Waals surface area (Å²) in [6.07, 6.45) is 8.80. The van der Waals surface area contributed by atoms with Gasteiger partial charge in [-0.3, -0.25) is 9.78 Å². The van der Waals surface area contributed by atoms with Crippen molar-refractivity contribution >= 4 is 17.7 Å². The number of rotatable bonds is 5. The molecular formula is C13H20N4OS. The van der Waals surface area contributed by atoms with Crippen LogP contribution in [0.4, 0.5) is 0 Å². The molecule has 3 N–H and O–H groups in total. The molecule has 1 aromatic rings. The summed E-state index contributed by atoms with van der Waals surface area (Å²) < 4.78 is 0. The van der Waals surface area contributed by atoms with E-state index in [0.29, 0.717) is 5.25 Å². The van der Waals surface area contributed by atoms with E-state index in [-0.39, 0.29) is 5.91 Å². The lowest BCUT2D eigenvalue weighted by atomic mass is 9.80.